The SMILES string of the molecule is COC(=O)C(Nc1nc(C(C)C)ns1)C(C)C. The Labute approximate surface area is 106 Å². The summed E-state index contributed by atoms with van der Waals surface area (Å²) in [4.78, 5) is 15.9. The zero-order chi connectivity index (χ0) is 13.0. The number of methoxy groups -OCH3 is 1. The van der Waals surface area contributed by atoms with E-state index in [0.717, 1.165) is 5.82 Å². The fourth-order valence-electron chi connectivity index (χ4n) is 1.29. The van der Waals surface area contributed by atoms with Gasteiger partial charge in [-0.2, -0.15) is 4.37 Å². The van der Waals surface area contributed by atoms with Gasteiger partial charge in [0.25, 0.3) is 0 Å². The first-order valence-corrected chi connectivity index (χ1v) is 6.41. The largest absolute Gasteiger partial charge is 0.467 e. The fourth-order valence-corrected chi connectivity index (χ4v) is 2.03. The number of hydrogen-bond donors (Lipinski definition) is 1. The predicted octanol–water partition coefficient (Wildman–Crippen LogP) is 2.27. The van der Waals surface area contributed by atoms with Crippen molar-refractivity contribution in [2.24, 2.45) is 5.92 Å². The number of aromatic nitrogens is 2. The second kappa shape index (κ2) is 5.95. The maximum atomic E-state index is 11.6. The molecule has 0 spiro atoms. The molecule has 1 rings (SSSR count). The first-order valence-electron chi connectivity index (χ1n) is 5.63. The fraction of sp³-hybridized carbons (Fsp3) is 0.727. The first kappa shape index (κ1) is 13.9. The molecule has 1 heterocycles. The quantitative estimate of drug-likeness (QED) is 0.820. The summed E-state index contributed by atoms with van der Waals surface area (Å²) >= 11 is 1.27. The third-order valence-electron chi connectivity index (χ3n) is 2.36. The van der Waals surface area contributed by atoms with Crippen LogP contribution < -0.4 is 5.32 Å². The van der Waals surface area contributed by atoms with Crippen LogP contribution in [0.1, 0.15) is 39.4 Å². The lowest BCUT2D eigenvalue weighted by atomic mass is 10.1. The van der Waals surface area contributed by atoms with Crippen LogP contribution in [0.3, 0.4) is 0 Å². The van der Waals surface area contributed by atoms with E-state index in [4.69, 9.17) is 4.74 Å². The third-order valence-corrected chi connectivity index (χ3v) is 3.02. The zero-order valence-electron chi connectivity index (χ0n) is 10.9. The van der Waals surface area contributed by atoms with Crippen molar-refractivity contribution in [3.05, 3.63) is 5.82 Å². The minimum absolute atomic E-state index is 0.133. The van der Waals surface area contributed by atoms with E-state index in [1.165, 1.54) is 18.6 Å². The van der Waals surface area contributed by atoms with Gasteiger partial charge in [0.05, 0.1) is 7.11 Å². The molecule has 0 radical (unpaired) electrons. The molecule has 1 unspecified atom stereocenters. The van der Waals surface area contributed by atoms with Gasteiger partial charge in [0.15, 0.2) is 0 Å². The van der Waals surface area contributed by atoms with Crippen molar-refractivity contribution in [3.63, 3.8) is 0 Å². The average Bonchev–Trinajstić information content (AvgIpc) is 2.73. The number of esters is 1. The molecule has 0 saturated heterocycles. The number of carbonyl (C=O) groups is 1. The van der Waals surface area contributed by atoms with Crippen LogP contribution in [0.4, 0.5) is 5.13 Å². The van der Waals surface area contributed by atoms with Gasteiger partial charge in [-0.05, 0) is 5.92 Å². The molecule has 0 aromatic carbocycles. The van der Waals surface area contributed by atoms with Gasteiger partial charge < -0.3 is 10.1 Å². The molecule has 1 N–H and O–H groups in total. The number of nitrogens with one attached hydrogen (secondary N) is 1. The van der Waals surface area contributed by atoms with Gasteiger partial charge in [0.1, 0.15) is 11.9 Å². The van der Waals surface area contributed by atoms with E-state index in [-0.39, 0.29) is 23.8 Å². The Morgan fingerprint density at radius 3 is 2.41 bits per heavy atom. The summed E-state index contributed by atoms with van der Waals surface area (Å²) in [5.74, 6) is 0.942. The molecular formula is C11H19N3O2S. The smallest absolute Gasteiger partial charge is 0.328 e. The lowest BCUT2D eigenvalue weighted by Gasteiger charge is -2.18. The summed E-state index contributed by atoms with van der Waals surface area (Å²) in [7, 11) is 1.39. The van der Waals surface area contributed by atoms with Crippen LogP contribution in [0.2, 0.25) is 0 Å². The highest BCUT2D eigenvalue weighted by Gasteiger charge is 2.24. The second-order valence-corrected chi connectivity index (χ2v) is 5.25. The Bertz CT molecular complexity index is 377. The van der Waals surface area contributed by atoms with E-state index in [9.17, 15) is 4.79 Å². The van der Waals surface area contributed by atoms with E-state index in [0.29, 0.717) is 5.13 Å². The third kappa shape index (κ3) is 3.66. The number of ether oxygens (including phenoxy) is 1. The molecule has 0 saturated carbocycles. The monoisotopic (exact) mass is 257 g/mol. The lowest BCUT2D eigenvalue weighted by Crippen LogP contribution is -2.35. The predicted molar refractivity (Wildman–Crippen MR) is 68.3 cm³/mol. The average molecular weight is 257 g/mol. The minimum Gasteiger partial charge on any atom is -0.467 e. The molecule has 6 heteroatoms. The topological polar surface area (TPSA) is 64.1 Å². The Hall–Kier alpha value is -1.17. The highest BCUT2D eigenvalue weighted by atomic mass is 32.1. The van der Waals surface area contributed by atoms with Crippen LogP contribution >= 0.6 is 11.5 Å². The molecule has 0 fully saturated rings. The lowest BCUT2D eigenvalue weighted by molar-refractivity contribution is -0.142. The summed E-state index contributed by atoms with van der Waals surface area (Å²) < 4.78 is 8.98. The summed E-state index contributed by atoms with van der Waals surface area (Å²) in [6, 6.07) is -0.382. The maximum absolute atomic E-state index is 11.6. The van der Waals surface area contributed by atoms with Crippen LogP contribution in [0.5, 0.6) is 0 Å². The second-order valence-electron chi connectivity index (χ2n) is 4.50. The van der Waals surface area contributed by atoms with Gasteiger partial charge in [0.2, 0.25) is 5.13 Å². The van der Waals surface area contributed by atoms with Crippen molar-refractivity contribution in [2.45, 2.75) is 39.7 Å². The van der Waals surface area contributed by atoms with E-state index in [2.05, 4.69) is 14.7 Å². The summed E-state index contributed by atoms with van der Waals surface area (Å²) in [5.41, 5.74) is 0. The van der Waals surface area contributed by atoms with Gasteiger partial charge in [-0.1, -0.05) is 27.7 Å². The van der Waals surface area contributed by atoms with Gasteiger partial charge in [-0.3, -0.25) is 0 Å². The number of carbonyl (C=O) groups excluding carboxylic acids is 1. The zero-order valence-corrected chi connectivity index (χ0v) is 11.7. The van der Waals surface area contributed by atoms with Gasteiger partial charge in [-0.25, -0.2) is 9.78 Å². The normalized spacial score (nSPS) is 12.9. The van der Waals surface area contributed by atoms with Crippen molar-refractivity contribution in [1.82, 2.24) is 9.36 Å². The van der Waals surface area contributed by atoms with Gasteiger partial charge >= 0.3 is 5.97 Å². The van der Waals surface area contributed by atoms with Crippen LogP contribution in [-0.4, -0.2) is 28.5 Å². The Kier molecular flexibility index (Phi) is 4.86. The molecule has 5 nitrogen and oxygen atoms in total. The number of nitrogens with zero attached hydrogens (tertiary/aromatic N) is 2. The van der Waals surface area contributed by atoms with Gasteiger partial charge in [-0.15, -0.1) is 0 Å². The van der Waals surface area contributed by atoms with Crippen molar-refractivity contribution in [2.75, 3.05) is 12.4 Å². The Balaban J connectivity index is 2.75. The van der Waals surface area contributed by atoms with Crippen molar-refractivity contribution < 1.29 is 9.53 Å². The molecule has 1 atom stereocenters. The van der Waals surface area contributed by atoms with Crippen molar-refractivity contribution in [1.29, 1.82) is 0 Å². The molecule has 0 aliphatic rings. The highest BCUT2D eigenvalue weighted by molar-refractivity contribution is 7.09. The molecular weight excluding hydrogens is 238 g/mol. The van der Waals surface area contributed by atoms with E-state index in [1.54, 1.807) is 0 Å². The summed E-state index contributed by atoms with van der Waals surface area (Å²) in [5, 5.41) is 3.74. The maximum Gasteiger partial charge on any atom is 0.328 e. The molecule has 1 aromatic rings. The minimum atomic E-state index is -0.382. The molecule has 0 amide bonds. The van der Waals surface area contributed by atoms with Crippen LogP contribution in [-0.2, 0) is 9.53 Å². The number of rotatable bonds is 5. The summed E-state index contributed by atoms with van der Waals surface area (Å²) in [6.45, 7) is 7.98. The molecule has 0 aliphatic heterocycles. The number of hydrogen-bond acceptors (Lipinski definition) is 6. The molecule has 1 aromatic heterocycles. The van der Waals surface area contributed by atoms with Crippen LogP contribution in [0.25, 0.3) is 0 Å². The number of anilines is 1. The first-order chi connectivity index (χ1) is 7.95. The summed E-state index contributed by atoms with van der Waals surface area (Å²) in [6.07, 6.45) is 0. The highest BCUT2D eigenvalue weighted by Crippen LogP contribution is 2.19. The van der Waals surface area contributed by atoms with E-state index >= 15 is 0 Å². The molecule has 96 valence electrons. The van der Waals surface area contributed by atoms with Crippen LogP contribution in [0, 0.1) is 5.92 Å². The van der Waals surface area contributed by atoms with Gasteiger partial charge in [0, 0.05) is 17.5 Å². The molecule has 0 aliphatic carbocycles. The standard InChI is InChI=1S/C11H19N3O2S/c1-6(2)8(10(15)16-5)12-11-13-9(7(3)4)14-17-11/h6-8H,1-5H3,(H,12,13,14). The van der Waals surface area contributed by atoms with Crippen LogP contribution in [0.15, 0.2) is 0 Å². The Morgan fingerprint density at radius 2 is 2.00 bits per heavy atom. The molecule has 17 heavy (non-hydrogen) atoms. The van der Waals surface area contributed by atoms with E-state index < -0.39 is 0 Å². The van der Waals surface area contributed by atoms with Crippen molar-refractivity contribution in [3.8, 4) is 0 Å². The molecule has 0 bridgehead atoms. The van der Waals surface area contributed by atoms with E-state index in [1.807, 2.05) is 27.7 Å². The van der Waals surface area contributed by atoms with Crippen molar-refractivity contribution >= 4 is 22.6 Å². The Morgan fingerprint density at radius 1 is 1.35 bits per heavy atom.